The molecule has 2 rings (SSSR count). The first kappa shape index (κ1) is 8.36. The normalized spacial score (nSPS) is 26.1. The Hall–Kier alpha value is -1.24. The van der Waals surface area contributed by atoms with Crippen LogP contribution < -0.4 is 5.32 Å². The number of carbonyl (C=O) groups is 1. The molecule has 1 heterocycles. The van der Waals surface area contributed by atoms with Crippen molar-refractivity contribution < 1.29 is 4.79 Å². The lowest BCUT2D eigenvalue weighted by Crippen LogP contribution is -2.55. The van der Waals surface area contributed by atoms with Crippen LogP contribution in [0.3, 0.4) is 0 Å². The molecular formula is C9H13N3O. The van der Waals surface area contributed by atoms with Crippen molar-refractivity contribution in [2.75, 3.05) is 6.54 Å². The van der Waals surface area contributed by atoms with E-state index in [2.05, 4.69) is 11.4 Å². The van der Waals surface area contributed by atoms with Crippen LogP contribution in [0.25, 0.3) is 0 Å². The molecule has 1 atom stereocenters. The van der Waals surface area contributed by atoms with Crippen LogP contribution in [0.5, 0.6) is 0 Å². The molecule has 1 aliphatic carbocycles. The van der Waals surface area contributed by atoms with Crippen LogP contribution >= 0.6 is 0 Å². The summed E-state index contributed by atoms with van der Waals surface area (Å²) in [5.74, 6) is 0. The number of nitrogens with one attached hydrogen (secondary N) is 1. The summed E-state index contributed by atoms with van der Waals surface area (Å²) in [5, 5.41) is 11.4. The van der Waals surface area contributed by atoms with Crippen LogP contribution in [0.1, 0.15) is 25.7 Å². The molecule has 0 spiro atoms. The Labute approximate surface area is 77.5 Å². The zero-order valence-electron chi connectivity index (χ0n) is 7.49. The second kappa shape index (κ2) is 3.25. The summed E-state index contributed by atoms with van der Waals surface area (Å²) in [6.45, 7) is 0.810. The fourth-order valence-corrected chi connectivity index (χ4v) is 1.51. The van der Waals surface area contributed by atoms with Crippen molar-refractivity contribution in [1.82, 2.24) is 10.2 Å². The molecular weight excluding hydrogens is 166 g/mol. The average Bonchev–Trinajstić information content (AvgIpc) is 2.81. The van der Waals surface area contributed by atoms with Gasteiger partial charge in [-0.25, -0.2) is 4.79 Å². The predicted molar refractivity (Wildman–Crippen MR) is 46.9 cm³/mol. The van der Waals surface area contributed by atoms with E-state index in [0.29, 0.717) is 12.5 Å². The minimum atomic E-state index is 0.0222. The SMILES string of the molecule is N#CCC1CCN1C(=O)NC1CC1. The first-order chi connectivity index (χ1) is 6.31. The Morgan fingerprint density at radius 1 is 1.54 bits per heavy atom. The van der Waals surface area contributed by atoms with Crippen molar-refractivity contribution in [1.29, 1.82) is 5.26 Å². The largest absolute Gasteiger partial charge is 0.335 e. The number of nitrogens with zero attached hydrogens (tertiary/aromatic N) is 2. The van der Waals surface area contributed by atoms with Crippen LogP contribution in [-0.4, -0.2) is 29.6 Å². The molecule has 4 heteroatoms. The molecule has 0 aromatic rings. The summed E-state index contributed by atoms with van der Waals surface area (Å²) >= 11 is 0. The highest BCUT2D eigenvalue weighted by Crippen LogP contribution is 2.23. The minimum absolute atomic E-state index is 0.0222. The zero-order valence-corrected chi connectivity index (χ0v) is 7.49. The maximum Gasteiger partial charge on any atom is 0.317 e. The molecule has 13 heavy (non-hydrogen) atoms. The van der Waals surface area contributed by atoms with Crippen LogP contribution in [0.4, 0.5) is 4.79 Å². The standard InChI is InChI=1S/C9H13N3O/c10-5-3-8-4-6-12(8)9(13)11-7-1-2-7/h7-8H,1-4,6H2,(H,11,13). The van der Waals surface area contributed by atoms with E-state index in [9.17, 15) is 4.79 Å². The van der Waals surface area contributed by atoms with Crippen LogP contribution in [0, 0.1) is 11.3 Å². The summed E-state index contributed by atoms with van der Waals surface area (Å²) in [5.41, 5.74) is 0. The Morgan fingerprint density at radius 3 is 2.77 bits per heavy atom. The summed E-state index contributed by atoms with van der Waals surface area (Å²) < 4.78 is 0. The van der Waals surface area contributed by atoms with E-state index in [1.54, 1.807) is 4.90 Å². The molecule has 4 nitrogen and oxygen atoms in total. The lowest BCUT2D eigenvalue weighted by molar-refractivity contribution is 0.117. The van der Waals surface area contributed by atoms with Gasteiger partial charge in [-0.3, -0.25) is 0 Å². The van der Waals surface area contributed by atoms with Gasteiger partial charge in [0.25, 0.3) is 0 Å². The number of urea groups is 1. The molecule has 1 saturated heterocycles. The number of hydrogen-bond acceptors (Lipinski definition) is 2. The average molecular weight is 179 g/mol. The highest BCUT2D eigenvalue weighted by atomic mass is 16.2. The number of rotatable bonds is 2. The Bertz CT molecular complexity index is 254. The molecule has 0 bridgehead atoms. The second-order valence-corrected chi connectivity index (χ2v) is 3.72. The monoisotopic (exact) mass is 179 g/mol. The van der Waals surface area contributed by atoms with Crippen molar-refractivity contribution in [2.45, 2.75) is 37.8 Å². The number of likely N-dealkylation sites (tertiary alicyclic amines) is 1. The van der Waals surface area contributed by atoms with Gasteiger partial charge in [0.2, 0.25) is 0 Å². The van der Waals surface area contributed by atoms with Gasteiger partial charge in [0.05, 0.1) is 12.5 Å². The fourth-order valence-electron chi connectivity index (χ4n) is 1.51. The van der Waals surface area contributed by atoms with E-state index in [1.165, 1.54) is 0 Å². The highest BCUT2D eigenvalue weighted by Gasteiger charge is 2.34. The Balaban J connectivity index is 1.79. The second-order valence-electron chi connectivity index (χ2n) is 3.72. The van der Waals surface area contributed by atoms with E-state index in [1.807, 2.05) is 0 Å². The molecule has 2 aliphatic rings. The van der Waals surface area contributed by atoms with Crippen molar-refractivity contribution >= 4 is 6.03 Å². The zero-order chi connectivity index (χ0) is 9.26. The van der Waals surface area contributed by atoms with Crippen LogP contribution in [0.15, 0.2) is 0 Å². The first-order valence-electron chi connectivity index (χ1n) is 4.75. The third-order valence-corrected chi connectivity index (χ3v) is 2.64. The number of hydrogen-bond donors (Lipinski definition) is 1. The molecule has 1 N–H and O–H groups in total. The molecule has 0 aromatic carbocycles. The van der Waals surface area contributed by atoms with Crippen LogP contribution in [-0.2, 0) is 0 Å². The van der Waals surface area contributed by atoms with Gasteiger partial charge in [0.15, 0.2) is 0 Å². The first-order valence-corrected chi connectivity index (χ1v) is 4.75. The lowest BCUT2D eigenvalue weighted by atomic mass is 10.0. The summed E-state index contributed by atoms with van der Waals surface area (Å²) in [6.07, 6.45) is 3.68. The van der Waals surface area contributed by atoms with Gasteiger partial charge in [-0.1, -0.05) is 0 Å². The van der Waals surface area contributed by atoms with Gasteiger partial charge < -0.3 is 10.2 Å². The molecule has 70 valence electrons. The summed E-state index contributed by atoms with van der Waals surface area (Å²) in [4.78, 5) is 13.2. The van der Waals surface area contributed by atoms with Crippen LogP contribution in [0.2, 0.25) is 0 Å². The fraction of sp³-hybridized carbons (Fsp3) is 0.778. The molecule has 1 aliphatic heterocycles. The summed E-state index contributed by atoms with van der Waals surface area (Å²) in [6, 6.07) is 2.71. The van der Waals surface area contributed by atoms with E-state index < -0.39 is 0 Å². The molecule has 0 radical (unpaired) electrons. The molecule has 1 unspecified atom stereocenters. The van der Waals surface area contributed by atoms with Crippen molar-refractivity contribution in [2.24, 2.45) is 0 Å². The van der Waals surface area contributed by atoms with Crippen molar-refractivity contribution in [3.8, 4) is 6.07 Å². The van der Waals surface area contributed by atoms with Crippen molar-refractivity contribution in [3.63, 3.8) is 0 Å². The number of carbonyl (C=O) groups excluding carboxylic acids is 1. The van der Waals surface area contributed by atoms with E-state index in [0.717, 1.165) is 25.8 Å². The predicted octanol–water partition coefficient (Wildman–Crippen LogP) is 0.846. The van der Waals surface area contributed by atoms with Gasteiger partial charge in [-0.2, -0.15) is 5.26 Å². The molecule has 2 amide bonds. The Morgan fingerprint density at radius 2 is 2.31 bits per heavy atom. The third-order valence-electron chi connectivity index (χ3n) is 2.64. The lowest BCUT2D eigenvalue weighted by Gasteiger charge is -2.39. The number of nitriles is 1. The minimum Gasteiger partial charge on any atom is -0.335 e. The maximum absolute atomic E-state index is 11.5. The molecule has 1 saturated carbocycles. The van der Waals surface area contributed by atoms with Gasteiger partial charge >= 0.3 is 6.03 Å². The topological polar surface area (TPSA) is 56.1 Å². The Kier molecular flexibility index (Phi) is 2.09. The summed E-state index contributed by atoms with van der Waals surface area (Å²) in [7, 11) is 0. The molecule has 2 fully saturated rings. The third kappa shape index (κ3) is 1.74. The number of amides is 2. The molecule has 0 aromatic heterocycles. The van der Waals surface area contributed by atoms with Gasteiger partial charge in [0.1, 0.15) is 0 Å². The van der Waals surface area contributed by atoms with Gasteiger partial charge in [-0.05, 0) is 19.3 Å². The van der Waals surface area contributed by atoms with E-state index >= 15 is 0 Å². The quantitative estimate of drug-likeness (QED) is 0.683. The van der Waals surface area contributed by atoms with Crippen molar-refractivity contribution in [3.05, 3.63) is 0 Å². The van der Waals surface area contributed by atoms with Gasteiger partial charge in [-0.15, -0.1) is 0 Å². The maximum atomic E-state index is 11.5. The smallest absolute Gasteiger partial charge is 0.317 e. The van der Waals surface area contributed by atoms with Gasteiger partial charge in [0, 0.05) is 18.6 Å². The van der Waals surface area contributed by atoms with E-state index in [4.69, 9.17) is 5.26 Å². The highest BCUT2D eigenvalue weighted by molar-refractivity contribution is 5.76. The van der Waals surface area contributed by atoms with E-state index in [-0.39, 0.29) is 12.1 Å².